The first-order valence-electron chi connectivity index (χ1n) is 12.0. The van der Waals surface area contributed by atoms with E-state index in [-0.39, 0.29) is 0 Å². The number of hydrogen-bond acceptors (Lipinski definition) is 0. The summed E-state index contributed by atoms with van der Waals surface area (Å²) < 4.78 is 0. The quantitative estimate of drug-likeness (QED) is 0.257. The second-order valence-electron chi connectivity index (χ2n) is 9.36. The maximum Gasteiger partial charge on any atom is 0.0242 e. The molecule has 3 aromatic rings. The average molecular weight is 419 g/mol. The molecule has 1 saturated carbocycles. The van der Waals surface area contributed by atoms with Gasteiger partial charge in [-0.1, -0.05) is 90.9 Å². The van der Waals surface area contributed by atoms with Gasteiger partial charge in [-0.2, -0.15) is 0 Å². The van der Waals surface area contributed by atoms with Crippen LogP contribution in [0.15, 0.2) is 97.1 Å². The third-order valence-corrected chi connectivity index (χ3v) is 7.18. The molecule has 4 rings (SSSR count). The molecular weight excluding hydrogens is 384 g/mol. The van der Waals surface area contributed by atoms with Gasteiger partial charge in [-0.15, -0.1) is 6.42 Å². The number of terminal acetylenes is 1. The van der Waals surface area contributed by atoms with Crippen molar-refractivity contribution < 1.29 is 0 Å². The van der Waals surface area contributed by atoms with E-state index in [4.69, 9.17) is 6.42 Å². The summed E-state index contributed by atoms with van der Waals surface area (Å²) in [5, 5.41) is 0. The van der Waals surface area contributed by atoms with E-state index in [1.165, 1.54) is 54.4 Å². The van der Waals surface area contributed by atoms with Crippen molar-refractivity contribution in [2.75, 3.05) is 0 Å². The molecule has 0 spiro atoms. The van der Waals surface area contributed by atoms with Crippen molar-refractivity contribution in [2.24, 2.45) is 11.8 Å². The van der Waals surface area contributed by atoms with Crippen molar-refractivity contribution in [3.8, 4) is 12.3 Å². The lowest BCUT2D eigenvalue weighted by Gasteiger charge is -2.35. The van der Waals surface area contributed by atoms with Crippen LogP contribution in [-0.4, -0.2) is 0 Å². The van der Waals surface area contributed by atoms with Crippen LogP contribution in [0.3, 0.4) is 0 Å². The summed E-state index contributed by atoms with van der Waals surface area (Å²) in [6.45, 7) is 4.61. The van der Waals surface area contributed by atoms with Crippen LogP contribution in [0.1, 0.15) is 60.3 Å². The van der Waals surface area contributed by atoms with Crippen molar-refractivity contribution in [3.63, 3.8) is 0 Å². The van der Waals surface area contributed by atoms with E-state index in [9.17, 15) is 0 Å². The molecule has 1 atom stereocenters. The summed E-state index contributed by atoms with van der Waals surface area (Å²) >= 11 is 0. The highest BCUT2D eigenvalue weighted by molar-refractivity contribution is 5.34. The lowest BCUT2D eigenvalue weighted by Crippen LogP contribution is -2.23. The molecule has 0 saturated heterocycles. The molecule has 1 aliphatic carbocycles. The van der Waals surface area contributed by atoms with Crippen LogP contribution in [0.4, 0.5) is 0 Å². The van der Waals surface area contributed by atoms with Crippen LogP contribution in [0, 0.1) is 24.2 Å². The molecule has 1 unspecified atom stereocenters. The van der Waals surface area contributed by atoms with E-state index in [1.54, 1.807) is 0 Å². The van der Waals surface area contributed by atoms with E-state index in [0.717, 1.165) is 24.3 Å². The van der Waals surface area contributed by atoms with Gasteiger partial charge >= 0.3 is 0 Å². The summed E-state index contributed by atoms with van der Waals surface area (Å²) in [7, 11) is 0. The Kier molecular flexibility index (Phi) is 7.63. The Morgan fingerprint density at radius 2 is 1.44 bits per heavy atom. The lowest BCUT2D eigenvalue weighted by molar-refractivity contribution is 0.252. The van der Waals surface area contributed by atoms with Crippen LogP contribution in [0.25, 0.3) is 0 Å². The highest BCUT2D eigenvalue weighted by Crippen LogP contribution is 2.43. The van der Waals surface area contributed by atoms with Gasteiger partial charge in [0.25, 0.3) is 0 Å². The molecule has 0 aliphatic heterocycles. The van der Waals surface area contributed by atoms with E-state index < -0.39 is 0 Å². The molecule has 0 aromatic heterocycles. The second kappa shape index (κ2) is 11.0. The molecular formula is C32H34. The maximum atomic E-state index is 5.50. The molecule has 0 amide bonds. The molecule has 0 heterocycles. The Morgan fingerprint density at radius 1 is 0.812 bits per heavy atom. The van der Waals surface area contributed by atoms with E-state index in [2.05, 4.69) is 97.4 Å². The van der Waals surface area contributed by atoms with Gasteiger partial charge in [0.05, 0.1) is 0 Å². The summed E-state index contributed by atoms with van der Waals surface area (Å²) in [5.41, 5.74) is 6.63. The van der Waals surface area contributed by atoms with Crippen LogP contribution >= 0.6 is 0 Å². The minimum absolute atomic E-state index is 0.468. The highest BCUT2D eigenvalue weighted by atomic mass is 14.3. The zero-order chi connectivity index (χ0) is 22.2. The van der Waals surface area contributed by atoms with Crippen LogP contribution in [0.2, 0.25) is 0 Å². The molecule has 1 fully saturated rings. The molecule has 0 radical (unpaired) electrons. The van der Waals surface area contributed by atoms with Crippen molar-refractivity contribution >= 4 is 0 Å². The van der Waals surface area contributed by atoms with Gasteiger partial charge in [-0.3, -0.25) is 0 Å². The third kappa shape index (κ3) is 5.80. The summed E-state index contributed by atoms with van der Waals surface area (Å²) in [4.78, 5) is 0. The molecule has 0 N–H and O–H groups in total. The Bertz CT molecular complexity index is 1010. The van der Waals surface area contributed by atoms with Gasteiger partial charge in [0.1, 0.15) is 0 Å². The normalized spacial score (nSPS) is 19.1. The summed E-state index contributed by atoms with van der Waals surface area (Å²) in [6, 6.07) is 30.5. The third-order valence-electron chi connectivity index (χ3n) is 7.18. The van der Waals surface area contributed by atoms with Gasteiger partial charge in [0.2, 0.25) is 0 Å². The Hall–Kier alpha value is -3.04. The summed E-state index contributed by atoms with van der Waals surface area (Å²) in [6.07, 6.45) is 14.0. The smallest absolute Gasteiger partial charge is 0.0242 e. The van der Waals surface area contributed by atoms with Crippen molar-refractivity contribution in [3.05, 3.63) is 119 Å². The predicted molar refractivity (Wildman–Crippen MR) is 137 cm³/mol. The maximum absolute atomic E-state index is 5.50. The van der Waals surface area contributed by atoms with E-state index >= 15 is 0 Å². The zero-order valence-corrected chi connectivity index (χ0v) is 19.0. The molecule has 3 aromatic carbocycles. The molecule has 32 heavy (non-hydrogen) atoms. The molecule has 0 nitrogen and oxygen atoms in total. The fourth-order valence-electron chi connectivity index (χ4n) is 5.40. The fourth-order valence-corrected chi connectivity index (χ4v) is 5.40. The molecule has 0 heteroatoms. The minimum atomic E-state index is 0.468. The van der Waals surface area contributed by atoms with Gasteiger partial charge < -0.3 is 0 Å². The zero-order valence-electron chi connectivity index (χ0n) is 19.0. The number of hydrogen-bond donors (Lipinski definition) is 0. The topological polar surface area (TPSA) is 0 Å². The Balaban J connectivity index is 1.39. The second-order valence-corrected chi connectivity index (χ2v) is 9.36. The van der Waals surface area contributed by atoms with Crippen molar-refractivity contribution in [1.82, 2.24) is 0 Å². The van der Waals surface area contributed by atoms with Gasteiger partial charge in [0, 0.05) is 11.5 Å². The van der Waals surface area contributed by atoms with Gasteiger partial charge in [-0.05, 0) is 85.6 Å². The number of benzene rings is 3. The lowest BCUT2D eigenvalue weighted by atomic mass is 9.69. The summed E-state index contributed by atoms with van der Waals surface area (Å²) in [5.74, 6) is 4.65. The standard InChI is InChI=1S/C32H34/c1-3-26-16-18-28(19-17-26)24-29-20-22-31(23-21-29)32(30-12-8-5-9-13-30)25(2)14-15-27-10-6-4-7-11-27/h1,4-13,16-19,29,31-32H,2,14-15,20-24H2. The van der Waals surface area contributed by atoms with Crippen LogP contribution in [-0.2, 0) is 12.8 Å². The van der Waals surface area contributed by atoms with Crippen LogP contribution in [0.5, 0.6) is 0 Å². The van der Waals surface area contributed by atoms with Gasteiger partial charge in [-0.25, -0.2) is 0 Å². The van der Waals surface area contributed by atoms with Crippen molar-refractivity contribution in [1.29, 1.82) is 0 Å². The molecule has 0 bridgehead atoms. The number of aryl methyl sites for hydroxylation is 1. The molecule has 1 aliphatic rings. The van der Waals surface area contributed by atoms with E-state index in [0.29, 0.717) is 11.8 Å². The fraction of sp³-hybridized carbons (Fsp3) is 0.312. The SMILES string of the molecule is C#Cc1ccc(CC2CCC(C(C(=C)CCc3ccccc3)c3ccccc3)CC2)cc1. The first-order chi connectivity index (χ1) is 15.7. The van der Waals surface area contributed by atoms with Crippen molar-refractivity contribution in [2.45, 2.75) is 50.9 Å². The minimum Gasteiger partial charge on any atom is -0.115 e. The Morgan fingerprint density at radius 3 is 2.06 bits per heavy atom. The monoisotopic (exact) mass is 418 g/mol. The largest absolute Gasteiger partial charge is 0.115 e. The highest BCUT2D eigenvalue weighted by Gasteiger charge is 2.30. The van der Waals surface area contributed by atoms with E-state index in [1.807, 2.05) is 0 Å². The molecule has 162 valence electrons. The van der Waals surface area contributed by atoms with Crippen LogP contribution < -0.4 is 0 Å². The first-order valence-corrected chi connectivity index (χ1v) is 12.0. The average Bonchev–Trinajstić information content (AvgIpc) is 2.86. The number of allylic oxidation sites excluding steroid dienone is 1. The number of rotatable bonds is 8. The predicted octanol–water partition coefficient (Wildman–Crippen LogP) is 7.99. The first kappa shape index (κ1) is 22.2. The van der Waals surface area contributed by atoms with Gasteiger partial charge in [0.15, 0.2) is 0 Å². The Labute approximate surface area is 194 Å².